The van der Waals surface area contributed by atoms with Crippen molar-refractivity contribution in [2.45, 2.75) is 90.8 Å². The van der Waals surface area contributed by atoms with Crippen LogP contribution in [0.3, 0.4) is 0 Å². The van der Waals surface area contributed by atoms with Gasteiger partial charge in [-0.2, -0.15) is 0 Å². The lowest BCUT2D eigenvalue weighted by atomic mass is 10.00. The average Bonchev–Trinajstić information content (AvgIpc) is 2.82. The van der Waals surface area contributed by atoms with Gasteiger partial charge in [-0.05, 0) is 51.3 Å². The number of hydrogen-bond donors (Lipinski definition) is 3. The summed E-state index contributed by atoms with van der Waals surface area (Å²) in [4.78, 5) is 53.0. The zero-order valence-corrected chi connectivity index (χ0v) is 22.8. The molecular weight excluding hydrogens is 472 g/mol. The molecule has 0 saturated heterocycles. The van der Waals surface area contributed by atoms with Crippen LogP contribution in [0.5, 0.6) is 0 Å². The second-order valence-electron chi connectivity index (χ2n) is 9.92. The van der Waals surface area contributed by atoms with Crippen LogP contribution < -0.4 is 16.4 Å². The fourth-order valence-corrected chi connectivity index (χ4v) is 3.66. The maximum Gasteiger partial charge on any atom is 0.408 e. The lowest BCUT2D eigenvalue weighted by Gasteiger charge is -2.34. The molecule has 0 aliphatic heterocycles. The Morgan fingerprint density at radius 2 is 1.68 bits per heavy atom. The van der Waals surface area contributed by atoms with Crippen molar-refractivity contribution >= 4 is 23.8 Å². The molecule has 0 aromatic heterocycles. The number of terminal acetylenes is 1. The van der Waals surface area contributed by atoms with E-state index in [1.54, 1.807) is 45.0 Å². The van der Waals surface area contributed by atoms with E-state index >= 15 is 0 Å². The number of ether oxygens (including phenoxy) is 1. The van der Waals surface area contributed by atoms with Crippen molar-refractivity contribution in [1.29, 1.82) is 0 Å². The van der Waals surface area contributed by atoms with E-state index in [2.05, 4.69) is 23.5 Å². The van der Waals surface area contributed by atoms with Crippen LogP contribution in [-0.4, -0.2) is 53.4 Å². The minimum Gasteiger partial charge on any atom is -0.444 e. The highest BCUT2D eigenvalue weighted by molar-refractivity contribution is 5.94. The molecule has 0 bridgehead atoms. The first kappa shape index (κ1) is 31.5. The number of primary amides is 1. The largest absolute Gasteiger partial charge is 0.444 e. The Morgan fingerprint density at radius 1 is 1.05 bits per heavy atom. The second-order valence-corrected chi connectivity index (χ2v) is 9.92. The van der Waals surface area contributed by atoms with E-state index in [4.69, 9.17) is 16.9 Å². The van der Waals surface area contributed by atoms with Crippen molar-refractivity contribution in [2.24, 2.45) is 5.73 Å². The third-order valence-corrected chi connectivity index (χ3v) is 5.46. The molecule has 0 fully saturated rings. The maximum absolute atomic E-state index is 13.8. The molecule has 0 aliphatic carbocycles. The summed E-state index contributed by atoms with van der Waals surface area (Å²) in [6.07, 6.45) is 8.31. The van der Waals surface area contributed by atoms with Gasteiger partial charge in [0.1, 0.15) is 17.7 Å². The Hall–Kier alpha value is -3.54. The molecule has 4 N–H and O–H groups in total. The highest BCUT2D eigenvalue weighted by Gasteiger charge is 2.36. The van der Waals surface area contributed by atoms with Gasteiger partial charge in [0.2, 0.25) is 17.7 Å². The standard InChI is InChI=1S/C28H42N4O5/c1-7-10-12-17-30-25(34)24(21-15-13-20(9-3)14-16-21)32(18-11-8-2)26(35)22(19-23(29)33)31-27(36)37-28(4,5)6/h3,13-16,22,24H,7-8,10-12,17-19H2,1-2,4-6H3,(H2,29,33)(H,30,34)(H,31,36). The fraction of sp³-hybridized carbons (Fsp3) is 0.571. The van der Waals surface area contributed by atoms with E-state index in [0.717, 1.165) is 25.7 Å². The van der Waals surface area contributed by atoms with Crippen molar-refractivity contribution in [3.8, 4) is 12.3 Å². The van der Waals surface area contributed by atoms with Crippen molar-refractivity contribution in [1.82, 2.24) is 15.5 Å². The fourth-order valence-electron chi connectivity index (χ4n) is 3.66. The van der Waals surface area contributed by atoms with Crippen molar-refractivity contribution in [2.75, 3.05) is 13.1 Å². The van der Waals surface area contributed by atoms with Crippen LogP contribution in [0, 0.1) is 12.3 Å². The molecule has 2 atom stereocenters. The minimum atomic E-state index is -1.30. The summed E-state index contributed by atoms with van der Waals surface area (Å²) in [5.74, 6) is 0.808. The van der Waals surface area contributed by atoms with Gasteiger partial charge in [0.25, 0.3) is 0 Å². The first-order valence-corrected chi connectivity index (χ1v) is 12.9. The number of alkyl carbamates (subject to hydrolysis) is 1. The van der Waals surface area contributed by atoms with Crippen molar-refractivity contribution in [3.05, 3.63) is 35.4 Å². The van der Waals surface area contributed by atoms with Crippen LogP contribution in [0.2, 0.25) is 0 Å². The number of benzene rings is 1. The van der Waals surface area contributed by atoms with E-state index < -0.39 is 42.0 Å². The molecule has 1 rings (SSSR count). The number of carbonyl (C=O) groups is 4. The molecule has 2 unspecified atom stereocenters. The zero-order chi connectivity index (χ0) is 28.0. The molecule has 0 spiro atoms. The van der Waals surface area contributed by atoms with Gasteiger partial charge in [-0.25, -0.2) is 4.79 Å². The molecule has 9 nitrogen and oxygen atoms in total. The molecule has 0 heterocycles. The predicted molar refractivity (Wildman–Crippen MR) is 143 cm³/mol. The Labute approximate surface area is 220 Å². The van der Waals surface area contributed by atoms with Crippen molar-refractivity contribution < 1.29 is 23.9 Å². The van der Waals surface area contributed by atoms with Crippen molar-refractivity contribution in [3.63, 3.8) is 0 Å². The number of hydrogen-bond acceptors (Lipinski definition) is 5. The number of nitrogens with one attached hydrogen (secondary N) is 2. The van der Waals surface area contributed by atoms with E-state index in [1.807, 2.05) is 6.92 Å². The van der Waals surface area contributed by atoms with Crippen LogP contribution in [-0.2, 0) is 19.1 Å². The summed E-state index contributed by atoms with van der Waals surface area (Å²) in [5, 5.41) is 5.40. The number of nitrogens with zero attached hydrogens (tertiary/aromatic N) is 1. The van der Waals surface area contributed by atoms with E-state index in [9.17, 15) is 19.2 Å². The average molecular weight is 515 g/mol. The number of unbranched alkanes of at least 4 members (excludes halogenated alkanes) is 3. The highest BCUT2D eigenvalue weighted by Crippen LogP contribution is 2.24. The Balaban J connectivity index is 3.43. The summed E-state index contributed by atoms with van der Waals surface area (Å²) >= 11 is 0. The van der Waals surface area contributed by atoms with Gasteiger partial charge in [0.05, 0.1) is 6.42 Å². The number of rotatable bonds is 14. The normalized spacial score (nSPS) is 12.5. The molecule has 204 valence electrons. The zero-order valence-electron chi connectivity index (χ0n) is 22.8. The Bertz CT molecular complexity index is 947. The van der Waals surface area contributed by atoms with Gasteiger partial charge < -0.3 is 26.0 Å². The first-order valence-electron chi connectivity index (χ1n) is 12.9. The van der Waals surface area contributed by atoms with Crippen LogP contribution >= 0.6 is 0 Å². The molecule has 1 aromatic rings. The van der Waals surface area contributed by atoms with Gasteiger partial charge >= 0.3 is 6.09 Å². The Kier molecular flexibility index (Phi) is 13.2. The van der Waals surface area contributed by atoms with Gasteiger partial charge in [-0.15, -0.1) is 6.42 Å². The molecule has 9 heteroatoms. The topological polar surface area (TPSA) is 131 Å². The number of nitrogens with two attached hydrogens (primary N) is 1. The molecule has 0 saturated carbocycles. The molecule has 0 aliphatic rings. The Morgan fingerprint density at radius 3 is 2.19 bits per heavy atom. The lowest BCUT2D eigenvalue weighted by Crippen LogP contribution is -2.54. The van der Waals surface area contributed by atoms with Gasteiger partial charge in [-0.3, -0.25) is 14.4 Å². The van der Waals surface area contributed by atoms with Crippen LogP contribution in [0.4, 0.5) is 4.79 Å². The summed E-state index contributed by atoms with van der Waals surface area (Å²) in [6.45, 7) is 9.77. The predicted octanol–water partition coefficient (Wildman–Crippen LogP) is 3.41. The molecular formula is C28H42N4O5. The number of carbonyl (C=O) groups excluding carboxylic acids is 4. The third kappa shape index (κ3) is 11.4. The van der Waals surface area contributed by atoms with Crippen LogP contribution in [0.25, 0.3) is 0 Å². The highest BCUT2D eigenvalue weighted by atomic mass is 16.6. The molecule has 4 amide bonds. The van der Waals surface area contributed by atoms with Gasteiger partial charge in [-0.1, -0.05) is 51.2 Å². The van der Waals surface area contributed by atoms with Crippen LogP contribution in [0.15, 0.2) is 24.3 Å². The third-order valence-electron chi connectivity index (χ3n) is 5.46. The summed E-state index contributed by atoms with van der Waals surface area (Å²) in [5.41, 5.74) is 5.79. The molecule has 37 heavy (non-hydrogen) atoms. The monoisotopic (exact) mass is 514 g/mol. The lowest BCUT2D eigenvalue weighted by molar-refractivity contribution is -0.143. The first-order chi connectivity index (χ1) is 17.4. The maximum atomic E-state index is 13.8. The van der Waals surface area contributed by atoms with Crippen LogP contribution in [0.1, 0.15) is 90.3 Å². The van der Waals surface area contributed by atoms with Gasteiger partial charge in [0, 0.05) is 18.7 Å². The molecule has 0 radical (unpaired) electrons. The SMILES string of the molecule is C#Cc1ccc(C(C(=O)NCCCCC)N(CCCC)C(=O)C(CC(N)=O)NC(=O)OC(C)(C)C)cc1. The smallest absolute Gasteiger partial charge is 0.408 e. The number of amides is 4. The van der Waals surface area contributed by atoms with E-state index in [-0.39, 0.29) is 12.5 Å². The van der Waals surface area contributed by atoms with E-state index in [0.29, 0.717) is 24.1 Å². The quantitative estimate of drug-likeness (QED) is 0.259. The summed E-state index contributed by atoms with van der Waals surface area (Å²) in [7, 11) is 0. The van der Waals surface area contributed by atoms with Gasteiger partial charge in [0.15, 0.2) is 0 Å². The second kappa shape index (κ2) is 15.5. The molecule has 1 aromatic carbocycles. The van der Waals surface area contributed by atoms with E-state index in [1.165, 1.54) is 4.90 Å². The summed E-state index contributed by atoms with van der Waals surface area (Å²) < 4.78 is 5.28. The minimum absolute atomic E-state index is 0.227. The summed E-state index contributed by atoms with van der Waals surface area (Å²) in [6, 6.07) is 4.53.